The molecular weight excluding hydrogens is 277 g/mol. The van der Waals surface area contributed by atoms with Crippen LogP contribution in [0.15, 0.2) is 12.1 Å². The summed E-state index contributed by atoms with van der Waals surface area (Å²) in [6.45, 7) is 3.37. The molecule has 1 aromatic rings. The van der Waals surface area contributed by atoms with E-state index in [4.69, 9.17) is 5.26 Å². The molecule has 0 N–H and O–H groups in total. The van der Waals surface area contributed by atoms with Crippen LogP contribution in [-0.4, -0.2) is 5.78 Å². The number of hydrogen-bond donors (Lipinski definition) is 0. The van der Waals surface area contributed by atoms with E-state index in [1.807, 2.05) is 6.92 Å². The molecule has 0 aromatic heterocycles. The fourth-order valence-corrected chi connectivity index (χ4v) is 1.97. The highest BCUT2D eigenvalue weighted by Crippen LogP contribution is 2.18. The number of benzene rings is 1. The van der Waals surface area contributed by atoms with Gasteiger partial charge in [-0.1, -0.05) is 0 Å². The van der Waals surface area contributed by atoms with Gasteiger partial charge < -0.3 is 0 Å². The van der Waals surface area contributed by atoms with Crippen LogP contribution in [-0.2, 0) is 0 Å². The Morgan fingerprint density at radius 2 is 2.15 bits per heavy atom. The first kappa shape index (κ1) is 10.2. The molecule has 0 unspecified atom stereocenters. The molecule has 66 valence electrons. The van der Waals surface area contributed by atoms with E-state index in [0.29, 0.717) is 11.1 Å². The molecule has 1 aromatic carbocycles. The number of nitrogens with zero attached hydrogens (tertiary/aromatic N) is 1. The van der Waals surface area contributed by atoms with E-state index in [0.717, 1.165) is 9.13 Å². The fraction of sp³-hybridized carbons (Fsp3) is 0.200. The molecule has 0 aliphatic heterocycles. The second-order valence-electron chi connectivity index (χ2n) is 2.82. The van der Waals surface area contributed by atoms with Crippen LogP contribution in [0.4, 0.5) is 0 Å². The van der Waals surface area contributed by atoms with Gasteiger partial charge in [0.25, 0.3) is 0 Å². The summed E-state index contributed by atoms with van der Waals surface area (Å²) in [6.07, 6.45) is 0. The lowest BCUT2D eigenvalue weighted by Crippen LogP contribution is -1.97. The zero-order valence-electron chi connectivity index (χ0n) is 7.39. The Morgan fingerprint density at radius 3 is 2.54 bits per heavy atom. The van der Waals surface area contributed by atoms with Gasteiger partial charge in [0.15, 0.2) is 5.78 Å². The monoisotopic (exact) mass is 285 g/mol. The van der Waals surface area contributed by atoms with Gasteiger partial charge in [-0.25, -0.2) is 0 Å². The van der Waals surface area contributed by atoms with Crippen molar-refractivity contribution in [2.75, 3.05) is 0 Å². The Hall–Kier alpha value is -0.890. The van der Waals surface area contributed by atoms with Gasteiger partial charge in [-0.15, -0.1) is 0 Å². The Morgan fingerprint density at radius 1 is 1.54 bits per heavy atom. The summed E-state index contributed by atoms with van der Waals surface area (Å²) >= 11 is 2.07. The molecule has 13 heavy (non-hydrogen) atoms. The van der Waals surface area contributed by atoms with Crippen LogP contribution in [0.1, 0.15) is 28.4 Å². The van der Waals surface area contributed by atoms with Crippen molar-refractivity contribution in [2.45, 2.75) is 13.8 Å². The maximum Gasteiger partial charge on any atom is 0.159 e. The Bertz CT molecular complexity index is 381. The van der Waals surface area contributed by atoms with E-state index < -0.39 is 0 Å². The maximum atomic E-state index is 11.1. The normalized spacial score (nSPS) is 9.38. The number of rotatable bonds is 1. The zero-order chi connectivity index (χ0) is 10.0. The van der Waals surface area contributed by atoms with Gasteiger partial charge in [0.1, 0.15) is 6.07 Å². The van der Waals surface area contributed by atoms with Crippen LogP contribution in [0, 0.1) is 21.8 Å². The van der Waals surface area contributed by atoms with E-state index in [1.54, 1.807) is 12.1 Å². The lowest BCUT2D eigenvalue weighted by Gasteiger charge is -2.02. The summed E-state index contributed by atoms with van der Waals surface area (Å²) < 4.78 is 0.838. The fourth-order valence-electron chi connectivity index (χ4n) is 1.09. The summed E-state index contributed by atoms with van der Waals surface area (Å²) in [4.78, 5) is 11.1. The van der Waals surface area contributed by atoms with Crippen molar-refractivity contribution in [2.24, 2.45) is 0 Å². The highest BCUT2D eigenvalue weighted by atomic mass is 127. The minimum Gasteiger partial charge on any atom is -0.295 e. The van der Waals surface area contributed by atoms with Gasteiger partial charge in [-0.05, 0) is 54.1 Å². The number of Topliss-reactive ketones (excluding diaryl/α,β-unsaturated/α-hetero) is 1. The van der Waals surface area contributed by atoms with E-state index in [9.17, 15) is 4.79 Å². The SMILES string of the molecule is CC(=O)c1cc(C)c(C#N)c(I)c1. The van der Waals surface area contributed by atoms with E-state index >= 15 is 0 Å². The van der Waals surface area contributed by atoms with Crippen molar-refractivity contribution in [3.8, 4) is 6.07 Å². The standard InChI is InChI=1S/C10H8INO/c1-6-3-8(7(2)13)4-10(11)9(6)5-12/h3-4H,1-2H3. The number of ketones is 1. The summed E-state index contributed by atoms with van der Waals surface area (Å²) in [7, 11) is 0. The highest BCUT2D eigenvalue weighted by molar-refractivity contribution is 14.1. The molecule has 0 atom stereocenters. The van der Waals surface area contributed by atoms with Crippen LogP contribution < -0.4 is 0 Å². The number of aryl methyl sites for hydroxylation is 1. The predicted octanol–water partition coefficient (Wildman–Crippen LogP) is 2.67. The molecule has 0 heterocycles. The third kappa shape index (κ3) is 2.07. The number of hydrogen-bond acceptors (Lipinski definition) is 2. The summed E-state index contributed by atoms with van der Waals surface area (Å²) in [5, 5.41) is 8.79. The van der Waals surface area contributed by atoms with Crippen molar-refractivity contribution in [3.05, 3.63) is 32.4 Å². The van der Waals surface area contributed by atoms with Gasteiger partial charge in [0.2, 0.25) is 0 Å². The van der Waals surface area contributed by atoms with Crippen LogP contribution in [0.2, 0.25) is 0 Å². The molecule has 0 saturated carbocycles. The summed E-state index contributed by atoms with van der Waals surface area (Å²) in [5.74, 6) is 0.0329. The third-order valence-electron chi connectivity index (χ3n) is 1.81. The number of nitriles is 1. The molecule has 1 rings (SSSR count). The Balaban J connectivity index is 3.39. The molecule has 3 heteroatoms. The minimum absolute atomic E-state index is 0.0329. The number of halogens is 1. The Labute approximate surface area is 90.7 Å². The van der Waals surface area contributed by atoms with Crippen molar-refractivity contribution in [1.82, 2.24) is 0 Å². The smallest absolute Gasteiger partial charge is 0.159 e. The number of carbonyl (C=O) groups excluding carboxylic acids is 1. The quantitative estimate of drug-likeness (QED) is 0.588. The van der Waals surface area contributed by atoms with Crippen molar-refractivity contribution in [1.29, 1.82) is 5.26 Å². The van der Waals surface area contributed by atoms with Gasteiger partial charge in [0.05, 0.1) is 5.56 Å². The molecule has 0 fully saturated rings. The van der Waals surface area contributed by atoms with Crippen LogP contribution in [0.25, 0.3) is 0 Å². The van der Waals surface area contributed by atoms with Gasteiger partial charge in [-0.3, -0.25) is 4.79 Å². The first-order valence-electron chi connectivity index (χ1n) is 3.77. The van der Waals surface area contributed by atoms with Gasteiger partial charge in [0, 0.05) is 9.13 Å². The van der Waals surface area contributed by atoms with Crippen LogP contribution >= 0.6 is 22.6 Å². The largest absolute Gasteiger partial charge is 0.295 e. The van der Waals surface area contributed by atoms with Crippen molar-refractivity contribution in [3.63, 3.8) is 0 Å². The predicted molar refractivity (Wildman–Crippen MR) is 58.6 cm³/mol. The minimum atomic E-state index is 0.0329. The maximum absolute atomic E-state index is 11.1. The lowest BCUT2D eigenvalue weighted by atomic mass is 10.0. The molecule has 0 saturated heterocycles. The zero-order valence-corrected chi connectivity index (χ0v) is 9.55. The van der Waals surface area contributed by atoms with Crippen LogP contribution in [0.5, 0.6) is 0 Å². The molecule has 0 spiro atoms. The van der Waals surface area contributed by atoms with Crippen molar-refractivity contribution >= 4 is 28.4 Å². The highest BCUT2D eigenvalue weighted by Gasteiger charge is 2.07. The van der Waals surface area contributed by atoms with Gasteiger partial charge in [-0.2, -0.15) is 5.26 Å². The first-order valence-corrected chi connectivity index (χ1v) is 4.85. The van der Waals surface area contributed by atoms with Gasteiger partial charge >= 0.3 is 0 Å². The molecule has 0 amide bonds. The molecule has 0 aliphatic rings. The summed E-state index contributed by atoms with van der Waals surface area (Å²) in [6, 6.07) is 5.61. The Kier molecular flexibility index (Phi) is 3.04. The topological polar surface area (TPSA) is 40.9 Å². The molecule has 0 radical (unpaired) electrons. The summed E-state index contributed by atoms with van der Waals surface area (Å²) in [5.41, 5.74) is 2.19. The van der Waals surface area contributed by atoms with E-state index in [-0.39, 0.29) is 5.78 Å². The molecule has 0 aliphatic carbocycles. The first-order chi connectivity index (χ1) is 6.06. The third-order valence-corrected chi connectivity index (χ3v) is 2.66. The van der Waals surface area contributed by atoms with E-state index in [2.05, 4.69) is 28.7 Å². The molecular formula is C10H8INO. The van der Waals surface area contributed by atoms with E-state index in [1.165, 1.54) is 6.92 Å². The molecule has 2 nitrogen and oxygen atoms in total. The average Bonchev–Trinajstić information content (AvgIpc) is 2.03. The second-order valence-corrected chi connectivity index (χ2v) is 3.98. The average molecular weight is 285 g/mol. The molecule has 0 bridgehead atoms. The van der Waals surface area contributed by atoms with Crippen LogP contribution in [0.3, 0.4) is 0 Å². The second kappa shape index (κ2) is 3.88. The lowest BCUT2D eigenvalue weighted by molar-refractivity contribution is 0.101. The number of carbonyl (C=O) groups is 1. The van der Waals surface area contributed by atoms with Crippen molar-refractivity contribution < 1.29 is 4.79 Å².